The Hall–Kier alpha value is -1.99. The largest absolute Gasteiger partial charge is 0.381 e. The van der Waals surface area contributed by atoms with E-state index in [9.17, 15) is 9.59 Å². The number of carbonyl (C=O) groups is 2. The van der Waals surface area contributed by atoms with Crippen LogP contribution in [0, 0.1) is 5.92 Å². The molecule has 0 unspecified atom stereocenters. The molecule has 0 saturated carbocycles. The summed E-state index contributed by atoms with van der Waals surface area (Å²) in [7, 11) is 0. The maximum Gasteiger partial charge on any atom is 0.251 e. The lowest BCUT2D eigenvalue weighted by molar-refractivity contribution is -0.148. The van der Waals surface area contributed by atoms with E-state index < -0.39 is 12.1 Å². The number of pyridine rings is 1. The Morgan fingerprint density at radius 2 is 2.22 bits per heavy atom. The smallest absolute Gasteiger partial charge is 0.251 e. The molecule has 0 aliphatic carbocycles. The number of ether oxygens (including phenoxy) is 2. The Balaban J connectivity index is 1.63. The zero-order valence-electron chi connectivity index (χ0n) is 12.9. The molecule has 7 nitrogen and oxygen atoms in total. The predicted molar refractivity (Wildman–Crippen MR) is 81.4 cm³/mol. The molecule has 2 atom stereocenters. The van der Waals surface area contributed by atoms with E-state index in [4.69, 9.17) is 9.47 Å². The summed E-state index contributed by atoms with van der Waals surface area (Å²) in [6, 6.07) is 3.08. The van der Waals surface area contributed by atoms with Crippen molar-refractivity contribution in [3.05, 3.63) is 30.1 Å². The molecule has 0 bridgehead atoms. The number of hydrogen-bond acceptors (Lipinski definition) is 5. The standard InChI is InChI=1S/C16H21N3O4/c20-13-10-23-15(14(19-13)12-2-1-5-17-9-12)16(21)18-8-11-3-6-22-7-4-11/h1-2,5,9,11,14-15H,3-4,6-8,10H2,(H,18,21)(H,19,20)/t14-,15+/m1/s1. The molecular formula is C16H21N3O4. The van der Waals surface area contributed by atoms with Gasteiger partial charge in [-0.25, -0.2) is 0 Å². The molecule has 2 amide bonds. The summed E-state index contributed by atoms with van der Waals surface area (Å²) in [6.07, 6.45) is 4.45. The topological polar surface area (TPSA) is 89.6 Å². The summed E-state index contributed by atoms with van der Waals surface area (Å²) in [6.45, 7) is 1.99. The number of morpholine rings is 1. The molecule has 1 aromatic rings. The maximum atomic E-state index is 12.5. The van der Waals surface area contributed by atoms with Crippen molar-refractivity contribution < 1.29 is 19.1 Å². The van der Waals surface area contributed by atoms with E-state index >= 15 is 0 Å². The molecule has 2 aliphatic heterocycles. The van der Waals surface area contributed by atoms with Crippen LogP contribution >= 0.6 is 0 Å². The van der Waals surface area contributed by atoms with E-state index in [-0.39, 0.29) is 18.4 Å². The Morgan fingerprint density at radius 3 is 2.96 bits per heavy atom. The van der Waals surface area contributed by atoms with Gasteiger partial charge in [0.1, 0.15) is 6.61 Å². The van der Waals surface area contributed by atoms with Gasteiger partial charge in [0, 0.05) is 32.2 Å². The highest BCUT2D eigenvalue weighted by Crippen LogP contribution is 2.22. The van der Waals surface area contributed by atoms with Gasteiger partial charge < -0.3 is 20.1 Å². The Morgan fingerprint density at radius 1 is 1.39 bits per heavy atom. The molecule has 3 rings (SSSR count). The molecule has 0 radical (unpaired) electrons. The molecule has 2 aliphatic rings. The number of rotatable bonds is 4. The number of amides is 2. The normalized spacial score (nSPS) is 25.7. The van der Waals surface area contributed by atoms with E-state index in [0.29, 0.717) is 12.5 Å². The van der Waals surface area contributed by atoms with Gasteiger partial charge in [0.25, 0.3) is 5.91 Å². The second kappa shape index (κ2) is 7.52. The van der Waals surface area contributed by atoms with Crippen LogP contribution in [0.15, 0.2) is 24.5 Å². The van der Waals surface area contributed by atoms with Crippen LogP contribution in [0.1, 0.15) is 24.4 Å². The van der Waals surface area contributed by atoms with Crippen LogP contribution in [0.3, 0.4) is 0 Å². The summed E-state index contributed by atoms with van der Waals surface area (Å²) in [4.78, 5) is 28.2. The molecule has 7 heteroatoms. The highest BCUT2D eigenvalue weighted by atomic mass is 16.5. The van der Waals surface area contributed by atoms with Gasteiger partial charge in [-0.2, -0.15) is 0 Å². The van der Waals surface area contributed by atoms with Gasteiger partial charge in [-0.15, -0.1) is 0 Å². The second-order valence-electron chi connectivity index (χ2n) is 5.86. The van der Waals surface area contributed by atoms with Crippen molar-refractivity contribution in [2.45, 2.75) is 25.0 Å². The van der Waals surface area contributed by atoms with Crippen LogP contribution in [0.25, 0.3) is 0 Å². The molecule has 124 valence electrons. The van der Waals surface area contributed by atoms with Crippen LogP contribution in [0.4, 0.5) is 0 Å². The Bertz CT molecular complexity index is 546. The first-order valence-electron chi connectivity index (χ1n) is 7.90. The van der Waals surface area contributed by atoms with Gasteiger partial charge >= 0.3 is 0 Å². The first-order valence-corrected chi connectivity index (χ1v) is 7.90. The lowest BCUT2D eigenvalue weighted by Gasteiger charge is -2.32. The molecule has 3 heterocycles. The van der Waals surface area contributed by atoms with Crippen LogP contribution in [0.2, 0.25) is 0 Å². The van der Waals surface area contributed by atoms with Crippen molar-refractivity contribution >= 4 is 11.8 Å². The highest BCUT2D eigenvalue weighted by Gasteiger charge is 2.36. The minimum absolute atomic E-state index is 0.105. The average Bonchev–Trinajstić information content (AvgIpc) is 2.61. The van der Waals surface area contributed by atoms with Crippen molar-refractivity contribution in [1.29, 1.82) is 0 Å². The minimum Gasteiger partial charge on any atom is -0.381 e. The Kier molecular flexibility index (Phi) is 5.19. The highest BCUT2D eigenvalue weighted by molar-refractivity contribution is 5.86. The monoisotopic (exact) mass is 319 g/mol. The molecule has 2 saturated heterocycles. The summed E-state index contributed by atoms with van der Waals surface area (Å²) in [5.41, 5.74) is 0.756. The van der Waals surface area contributed by atoms with Crippen molar-refractivity contribution in [1.82, 2.24) is 15.6 Å². The van der Waals surface area contributed by atoms with Crippen LogP contribution in [-0.2, 0) is 19.1 Å². The van der Waals surface area contributed by atoms with Crippen LogP contribution < -0.4 is 10.6 Å². The first-order chi connectivity index (χ1) is 11.2. The summed E-state index contributed by atoms with van der Waals surface area (Å²) in [5.74, 6) is 0.000371. The number of nitrogens with zero attached hydrogens (tertiary/aromatic N) is 1. The maximum absolute atomic E-state index is 12.5. The van der Waals surface area contributed by atoms with Crippen molar-refractivity contribution in [3.8, 4) is 0 Å². The second-order valence-corrected chi connectivity index (χ2v) is 5.86. The van der Waals surface area contributed by atoms with Gasteiger partial charge in [-0.1, -0.05) is 6.07 Å². The number of nitrogens with one attached hydrogen (secondary N) is 2. The van der Waals surface area contributed by atoms with Gasteiger partial charge in [-0.05, 0) is 30.4 Å². The molecule has 2 fully saturated rings. The summed E-state index contributed by atoms with van der Waals surface area (Å²) in [5, 5.41) is 5.76. The van der Waals surface area contributed by atoms with Crippen LogP contribution in [-0.4, -0.2) is 49.3 Å². The quantitative estimate of drug-likeness (QED) is 0.826. The van der Waals surface area contributed by atoms with Crippen molar-refractivity contribution in [3.63, 3.8) is 0 Å². The van der Waals surface area contributed by atoms with E-state index in [1.807, 2.05) is 6.07 Å². The Labute approximate surface area is 134 Å². The van der Waals surface area contributed by atoms with Crippen molar-refractivity contribution in [2.75, 3.05) is 26.4 Å². The molecule has 2 N–H and O–H groups in total. The molecule has 23 heavy (non-hydrogen) atoms. The fourth-order valence-corrected chi connectivity index (χ4v) is 2.89. The zero-order chi connectivity index (χ0) is 16.1. The summed E-state index contributed by atoms with van der Waals surface area (Å²) < 4.78 is 10.8. The lowest BCUT2D eigenvalue weighted by Crippen LogP contribution is -2.53. The van der Waals surface area contributed by atoms with E-state index in [1.54, 1.807) is 18.5 Å². The number of carbonyl (C=O) groups excluding carboxylic acids is 2. The first kappa shape index (κ1) is 15.9. The third-order valence-corrected chi connectivity index (χ3v) is 4.22. The number of aromatic nitrogens is 1. The fraction of sp³-hybridized carbons (Fsp3) is 0.562. The molecular weight excluding hydrogens is 298 g/mol. The SMILES string of the molecule is O=C1CO[C@H](C(=O)NCC2CCOCC2)[C@@H](c2cccnc2)N1. The lowest BCUT2D eigenvalue weighted by atomic mass is 9.98. The predicted octanol–water partition coefficient (Wildman–Crippen LogP) is 0.181. The van der Waals surface area contributed by atoms with E-state index in [0.717, 1.165) is 31.6 Å². The van der Waals surface area contributed by atoms with E-state index in [1.165, 1.54) is 0 Å². The molecule has 0 aromatic carbocycles. The van der Waals surface area contributed by atoms with Gasteiger partial charge in [0.15, 0.2) is 6.10 Å². The van der Waals surface area contributed by atoms with Crippen molar-refractivity contribution in [2.24, 2.45) is 5.92 Å². The zero-order valence-corrected chi connectivity index (χ0v) is 12.9. The van der Waals surface area contributed by atoms with Gasteiger partial charge in [0.05, 0.1) is 6.04 Å². The number of hydrogen-bond donors (Lipinski definition) is 2. The average molecular weight is 319 g/mol. The van der Waals surface area contributed by atoms with Gasteiger partial charge in [-0.3, -0.25) is 14.6 Å². The van der Waals surface area contributed by atoms with Gasteiger partial charge in [0.2, 0.25) is 5.91 Å². The van der Waals surface area contributed by atoms with Crippen LogP contribution in [0.5, 0.6) is 0 Å². The summed E-state index contributed by atoms with van der Waals surface area (Å²) >= 11 is 0. The van der Waals surface area contributed by atoms with E-state index in [2.05, 4.69) is 15.6 Å². The molecule has 1 aromatic heterocycles. The molecule has 0 spiro atoms. The fourth-order valence-electron chi connectivity index (χ4n) is 2.89. The third-order valence-electron chi connectivity index (χ3n) is 4.22. The third kappa shape index (κ3) is 4.05. The minimum atomic E-state index is -0.739.